The first-order chi connectivity index (χ1) is 23.8. The Morgan fingerprint density at radius 1 is 0.423 bits per heavy atom. The van der Waals surface area contributed by atoms with Gasteiger partial charge in [0.1, 0.15) is 0 Å². The first-order valence-electron chi connectivity index (χ1n) is 16.2. The summed E-state index contributed by atoms with van der Waals surface area (Å²) in [6.45, 7) is 0. The fraction of sp³-hybridized carbons (Fsp3) is 0. The molecule has 0 spiro atoms. The maximum Gasteiger partial charge on any atom is 3.00 e. The number of hydrogen-bond acceptors (Lipinski definition) is 2. The van der Waals surface area contributed by atoms with Crippen molar-refractivity contribution in [3.8, 4) is 39.1 Å². The van der Waals surface area contributed by atoms with Gasteiger partial charge in [-0.1, -0.05) is 109 Å². The van der Waals surface area contributed by atoms with Gasteiger partial charge in [0.15, 0.2) is 0 Å². The maximum absolute atomic E-state index is 5.29. The molecule has 0 amide bonds. The van der Waals surface area contributed by atoms with Crippen LogP contribution in [0.5, 0.6) is 0 Å². The summed E-state index contributed by atoms with van der Waals surface area (Å²) >= 11 is 0. The molecule has 2 aliphatic rings. The summed E-state index contributed by atoms with van der Waals surface area (Å²) in [5.41, 5.74) is 15.4. The summed E-state index contributed by atoms with van der Waals surface area (Å²) in [5.74, 6) is 0. The van der Waals surface area contributed by atoms with E-state index >= 15 is 0 Å². The van der Waals surface area contributed by atoms with Crippen LogP contribution in [0.15, 0.2) is 152 Å². The molecule has 9 rings (SSSR count). The average molecular weight is 777 g/mol. The van der Waals surface area contributed by atoms with Gasteiger partial charge < -0.3 is 46.8 Å². The van der Waals surface area contributed by atoms with E-state index in [1.165, 1.54) is 0 Å². The quantitative estimate of drug-likeness (QED) is 0.279. The van der Waals surface area contributed by atoms with Crippen LogP contribution < -0.4 is 37.2 Å². The first kappa shape index (κ1) is 38.1. The molecule has 8 heteroatoms. The fourth-order valence-electron chi connectivity index (χ4n) is 6.81. The first-order valence-corrected chi connectivity index (χ1v) is 16.2. The van der Waals surface area contributed by atoms with E-state index in [0.717, 1.165) is 83.9 Å². The second kappa shape index (κ2) is 16.5. The largest absolute Gasteiger partial charge is 3.00 e. The van der Waals surface area contributed by atoms with Crippen LogP contribution in [0.1, 0.15) is 22.8 Å². The standard InChI is InChI=1S/C44H30N4.3ClH.Fe/c1-5-13-30(14-6-1)41-39-26-25-36(47-39)28-35-22-21-33(45-35)27-34-23-24-37(46-34)29-40-42(31-15-7-2-8-16-31)43(32-17-9-3-10-18-32)44(41)48(40)38-19-11-4-12-20-38;;;;/h1-29,45H;3*1H;/q;;;;+3/p-3. The Morgan fingerprint density at radius 3 is 1.42 bits per heavy atom. The number of aromatic amines is 1. The third-order valence-corrected chi connectivity index (χ3v) is 8.87. The molecule has 255 valence electrons. The summed E-state index contributed by atoms with van der Waals surface area (Å²) < 4.78 is 2.41. The van der Waals surface area contributed by atoms with E-state index in [2.05, 4.69) is 186 Å². The molecule has 0 atom stereocenters. The molecule has 8 bridgehead atoms. The zero-order valence-electron chi connectivity index (χ0n) is 27.6. The van der Waals surface area contributed by atoms with Crippen molar-refractivity contribution in [2.75, 3.05) is 0 Å². The normalized spacial score (nSPS) is 11.1. The van der Waals surface area contributed by atoms with Crippen LogP contribution >= 0.6 is 0 Å². The molecule has 0 saturated heterocycles. The predicted molar refractivity (Wildman–Crippen MR) is 200 cm³/mol. The van der Waals surface area contributed by atoms with Crippen LogP contribution in [0.25, 0.3) is 85.4 Å². The van der Waals surface area contributed by atoms with E-state index in [1.807, 2.05) is 0 Å². The van der Waals surface area contributed by atoms with Crippen molar-refractivity contribution >= 4 is 46.4 Å². The minimum atomic E-state index is 0. The second-order valence-electron chi connectivity index (χ2n) is 12.0. The van der Waals surface area contributed by atoms with Gasteiger partial charge in [-0.05, 0) is 83.5 Å². The van der Waals surface area contributed by atoms with Crippen molar-refractivity contribution in [3.05, 3.63) is 174 Å². The number of fused-ring (bicyclic) bond motifs is 8. The fourth-order valence-corrected chi connectivity index (χ4v) is 6.81. The molecular weight excluding hydrogens is 747 g/mol. The van der Waals surface area contributed by atoms with Crippen molar-refractivity contribution in [2.24, 2.45) is 0 Å². The Labute approximate surface area is 331 Å². The third kappa shape index (κ3) is 7.15. The molecule has 5 heterocycles. The van der Waals surface area contributed by atoms with Gasteiger partial charge in [-0.3, -0.25) is 0 Å². The van der Waals surface area contributed by atoms with Crippen LogP contribution in [0.3, 0.4) is 0 Å². The van der Waals surface area contributed by atoms with E-state index in [0.29, 0.717) is 0 Å². The van der Waals surface area contributed by atoms with Crippen molar-refractivity contribution < 1.29 is 54.3 Å². The minimum absolute atomic E-state index is 0. The van der Waals surface area contributed by atoms with Gasteiger partial charge in [0.05, 0.1) is 33.8 Å². The van der Waals surface area contributed by atoms with Crippen molar-refractivity contribution in [1.29, 1.82) is 0 Å². The molecule has 1 N–H and O–H groups in total. The van der Waals surface area contributed by atoms with E-state index in [1.54, 1.807) is 0 Å². The summed E-state index contributed by atoms with van der Waals surface area (Å²) in [6, 6.07) is 53.3. The SMILES string of the molecule is C1=Cc2cc3c(-c4ccccc4)c(-c4ccccc4)c(c(-c4ccccc4)c4nc(cc5ccc(cc1n2)[nH]5)C=C4)n3-c1ccccc1.[Cl-].[Cl-].[Cl-].[Fe+3]. The molecule has 7 aromatic rings. The molecule has 3 aromatic heterocycles. The number of H-pyrrole nitrogens is 1. The van der Waals surface area contributed by atoms with Crippen molar-refractivity contribution in [2.45, 2.75) is 0 Å². The Hall–Kier alpha value is -5.13. The summed E-state index contributed by atoms with van der Waals surface area (Å²) in [7, 11) is 0. The van der Waals surface area contributed by atoms with Crippen molar-refractivity contribution in [3.63, 3.8) is 0 Å². The summed E-state index contributed by atoms with van der Waals surface area (Å²) in [4.78, 5) is 13.9. The van der Waals surface area contributed by atoms with E-state index in [4.69, 9.17) is 9.97 Å². The number of halogens is 3. The summed E-state index contributed by atoms with van der Waals surface area (Å²) in [6.07, 6.45) is 8.44. The maximum atomic E-state index is 5.29. The molecule has 52 heavy (non-hydrogen) atoms. The van der Waals surface area contributed by atoms with Crippen LogP contribution in [0.4, 0.5) is 0 Å². The van der Waals surface area contributed by atoms with Gasteiger partial charge >= 0.3 is 17.1 Å². The molecular formula is C44H30Cl3FeN4. The molecule has 1 radical (unpaired) electrons. The van der Waals surface area contributed by atoms with Crippen LogP contribution in [-0.2, 0) is 17.1 Å². The van der Waals surface area contributed by atoms with Crippen LogP contribution in [0.2, 0.25) is 0 Å². The zero-order valence-corrected chi connectivity index (χ0v) is 30.9. The van der Waals surface area contributed by atoms with Gasteiger partial charge in [0.2, 0.25) is 0 Å². The molecule has 0 fully saturated rings. The van der Waals surface area contributed by atoms with Gasteiger partial charge in [0.25, 0.3) is 0 Å². The molecule has 4 aromatic carbocycles. The predicted octanol–water partition coefficient (Wildman–Crippen LogP) is 2.13. The Bertz CT molecular complexity index is 2550. The molecule has 2 aliphatic heterocycles. The van der Waals surface area contributed by atoms with Gasteiger partial charge in [-0.2, -0.15) is 0 Å². The van der Waals surface area contributed by atoms with Crippen molar-refractivity contribution in [1.82, 2.24) is 19.5 Å². The number of nitrogens with one attached hydrogen (secondary N) is 1. The number of rotatable bonds is 4. The smallest absolute Gasteiger partial charge is 1.00 e. The van der Waals surface area contributed by atoms with Crippen LogP contribution in [-0.4, -0.2) is 19.5 Å². The third-order valence-electron chi connectivity index (χ3n) is 8.87. The number of para-hydroxylation sites is 1. The van der Waals surface area contributed by atoms with E-state index in [9.17, 15) is 0 Å². The van der Waals surface area contributed by atoms with E-state index < -0.39 is 0 Å². The Morgan fingerprint density at radius 2 is 0.865 bits per heavy atom. The number of aromatic nitrogens is 4. The van der Waals surface area contributed by atoms with Gasteiger partial charge in [-0.25, -0.2) is 9.97 Å². The molecule has 0 unspecified atom stereocenters. The summed E-state index contributed by atoms with van der Waals surface area (Å²) in [5, 5.41) is 0. The number of nitrogens with zero attached hydrogens (tertiary/aromatic N) is 3. The zero-order chi connectivity index (χ0) is 31.9. The topological polar surface area (TPSA) is 46.5 Å². The Balaban J connectivity index is 0.00000131. The van der Waals surface area contributed by atoms with Crippen LogP contribution in [0, 0.1) is 0 Å². The minimum Gasteiger partial charge on any atom is -1.00 e. The average Bonchev–Trinajstić information content (AvgIpc) is 3.95. The number of benzene rings is 4. The molecule has 4 nitrogen and oxygen atoms in total. The van der Waals surface area contributed by atoms with Gasteiger partial charge in [-0.15, -0.1) is 0 Å². The molecule has 0 aliphatic carbocycles. The monoisotopic (exact) mass is 775 g/mol. The second-order valence-corrected chi connectivity index (χ2v) is 12.0. The Kier molecular flexibility index (Phi) is 12.1. The number of hydrogen-bond donors (Lipinski definition) is 1. The van der Waals surface area contributed by atoms with Gasteiger partial charge in [0, 0.05) is 33.4 Å². The molecule has 0 saturated carbocycles. The van der Waals surface area contributed by atoms with E-state index in [-0.39, 0.29) is 54.3 Å².